The van der Waals surface area contributed by atoms with Crippen LogP contribution in [0.3, 0.4) is 0 Å². The number of rotatable bonds is 9. The Bertz CT molecular complexity index is 213. The summed E-state index contributed by atoms with van der Waals surface area (Å²) < 4.78 is 0. The normalized spacial score (nSPS) is 11.0. The second kappa shape index (κ2) is 7.99. The van der Waals surface area contributed by atoms with Gasteiger partial charge in [-0.05, 0) is 0 Å². The van der Waals surface area contributed by atoms with Gasteiger partial charge in [0, 0.05) is 13.1 Å². The highest BCUT2D eigenvalue weighted by Gasteiger charge is 2.34. The smallest absolute Gasteiger partial charge is 0.320 e. The second-order valence-electron chi connectivity index (χ2n) is 2.99. The summed E-state index contributed by atoms with van der Waals surface area (Å²) in [5.41, 5.74) is 0. The molecule has 0 heterocycles. The van der Waals surface area contributed by atoms with Crippen molar-refractivity contribution in [3.05, 3.63) is 0 Å². The number of aliphatic hydroxyl groups excluding tert-OH is 2. The Morgan fingerprint density at radius 1 is 0.938 bits per heavy atom. The lowest BCUT2D eigenvalue weighted by molar-refractivity contribution is -0.156. The maximum absolute atomic E-state index is 10.7. The zero-order valence-electron chi connectivity index (χ0n) is 8.59. The molecule has 0 aromatic heterocycles. The summed E-state index contributed by atoms with van der Waals surface area (Å²) in [5.74, 6) is -4.67. The van der Waals surface area contributed by atoms with Gasteiger partial charge in [-0.1, -0.05) is 0 Å². The van der Waals surface area contributed by atoms with Crippen molar-refractivity contribution in [2.45, 2.75) is 6.17 Å². The molecule has 0 saturated heterocycles. The Morgan fingerprint density at radius 2 is 1.31 bits per heavy atom. The number of aliphatic hydroxyl groups is 2. The molecule has 0 radical (unpaired) electrons. The molecule has 8 heteroatoms. The lowest BCUT2D eigenvalue weighted by Gasteiger charge is -2.22. The van der Waals surface area contributed by atoms with E-state index >= 15 is 0 Å². The van der Waals surface area contributed by atoms with Crippen molar-refractivity contribution in [1.29, 1.82) is 0 Å². The molecule has 0 amide bonds. The van der Waals surface area contributed by atoms with Gasteiger partial charge in [0.05, 0.1) is 19.4 Å². The third kappa shape index (κ3) is 5.03. The molecular formula is C8H16N2O6. The van der Waals surface area contributed by atoms with Gasteiger partial charge < -0.3 is 20.4 Å². The molecule has 94 valence electrons. The highest BCUT2D eigenvalue weighted by Crippen LogP contribution is 2.02. The third-order valence-corrected chi connectivity index (χ3v) is 1.82. The van der Waals surface area contributed by atoms with Gasteiger partial charge in [0.1, 0.15) is 0 Å². The van der Waals surface area contributed by atoms with Crippen LogP contribution in [0.25, 0.3) is 0 Å². The van der Waals surface area contributed by atoms with E-state index in [1.165, 1.54) is 0 Å². The molecule has 0 aliphatic rings. The lowest BCUT2D eigenvalue weighted by atomic mass is 10.1. The van der Waals surface area contributed by atoms with Crippen LogP contribution in [0, 0.1) is 5.92 Å². The first kappa shape index (κ1) is 14.8. The number of carbonyl (C=O) groups is 2. The van der Waals surface area contributed by atoms with Crippen LogP contribution in [0.4, 0.5) is 0 Å². The molecule has 0 fully saturated rings. The molecule has 0 spiro atoms. The Labute approximate surface area is 91.9 Å². The Hall–Kier alpha value is -1.22. The van der Waals surface area contributed by atoms with E-state index in [1.807, 2.05) is 0 Å². The number of nitrogens with one attached hydrogen (secondary N) is 2. The molecule has 0 aliphatic carbocycles. The second-order valence-corrected chi connectivity index (χ2v) is 2.99. The van der Waals surface area contributed by atoms with Crippen molar-refractivity contribution in [2.75, 3.05) is 26.3 Å². The SMILES string of the molecule is O=C(O)C(C(=O)O)C(NCCO)NCCO. The van der Waals surface area contributed by atoms with Gasteiger partial charge in [-0.15, -0.1) is 0 Å². The highest BCUT2D eigenvalue weighted by atomic mass is 16.4. The van der Waals surface area contributed by atoms with E-state index in [0.717, 1.165) is 0 Å². The molecule has 0 rings (SSSR count). The zero-order valence-corrected chi connectivity index (χ0v) is 8.59. The van der Waals surface area contributed by atoms with E-state index in [9.17, 15) is 9.59 Å². The van der Waals surface area contributed by atoms with Crippen LogP contribution in [-0.4, -0.2) is 64.8 Å². The molecule has 0 saturated carbocycles. The fourth-order valence-corrected chi connectivity index (χ4v) is 1.14. The summed E-state index contributed by atoms with van der Waals surface area (Å²) in [7, 11) is 0. The largest absolute Gasteiger partial charge is 0.481 e. The van der Waals surface area contributed by atoms with E-state index in [1.54, 1.807) is 0 Å². The van der Waals surface area contributed by atoms with Gasteiger partial charge in [-0.25, -0.2) is 0 Å². The Morgan fingerprint density at radius 3 is 1.56 bits per heavy atom. The van der Waals surface area contributed by atoms with Crippen LogP contribution >= 0.6 is 0 Å². The maximum Gasteiger partial charge on any atom is 0.320 e. The number of hydrogen-bond acceptors (Lipinski definition) is 6. The minimum Gasteiger partial charge on any atom is -0.481 e. The number of hydrogen-bond donors (Lipinski definition) is 6. The molecule has 0 aromatic carbocycles. The Kier molecular flexibility index (Phi) is 7.38. The zero-order chi connectivity index (χ0) is 12.6. The fraction of sp³-hybridized carbons (Fsp3) is 0.750. The molecule has 0 aliphatic heterocycles. The van der Waals surface area contributed by atoms with E-state index in [4.69, 9.17) is 20.4 Å². The van der Waals surface area contributed by atoms with Crippen molar-refractivity contribution in [3.63, 3.8) is 0 Å². The summed E-state index contributed by atoms with van der Waals surface area (Å²) in [6, 6.07) is 0. The number of carboxylic acids is 2. The Balaban J connectivity index is 4.53. The molecule has 6 N–H and O–H groups in total. The first-order chi connectivity index (χ1) is 7.54. The quantitative estimate of drug-likeness (QED) is 0.187. The molecule has 16 heavy (non-hydrogen) atoms. The summed E-state index contributed by atoms with van der Waals surface area (Å²) >= 11 is 0. The van der Waals surface area contributed by atoms with Crippen LogP contribution in [-0.2, 0) is 9.59 Å². The van der Waals surface area contributed by atoms with Crippen LogP contribution in [0.5, 0.6) is 0 Å². The number of aliphatic carboxylic acids is 2. The lowest BCUT2D eigenvalue weighted by Crippen LogP contribution is -2.54. The molecule has 0 bridgehead atoms. The topological polar surface area (TPSA) is 139 Å². The van der Waals surface area contributed by atoms with Crippen molar-refractivity contribution < 1.29 is 30.0 Å². The van der Waals surface area contributed by atoms with Gasteiger partial charge in [-0.3, -0.25) is 20.2 Å². The van der Waals surface area contributed by atoms with Crippen molar-refractivity contribution in [1.82, 2.24) is 10.6 Å². The third-order valence-electron chi connectivity index (χ3n) is 1.82. The van der Waals surface area contributed by atoms with Gasteiger partial charge in [-0.2, -0.15) is 0 Å². The van der Waals surface area contributed by atoms with E-state index in [-0.39, 0.29) is 26.3 Å². The minimum atomic E-state index is -1.68. The maximum atomic E-state index is 10.7. The van der Waals surface area contributed by atoms with Crippen LogP contribution in [0.1, 0.15) is 0 Å². The minimum absolute atomic E-state index is 0.0557. The van der Waals surface area contributed by atoms with E-state index in [0.29, 0.717) is 0 Å². The van der Waals surface area contributed by atoms with Crippen molar-refractivity contribution >= 4 is 11.9 Å². The predicted molar refractivity (Wildman–Crippen MR) is 52.7 cm³/mol. The molecule has 0 aromatic rings. The standard InChI is InChI=1S/C8H16N2O6/c11-3-1-9-6(10-2-4-12)5(7(13)14)8(15)16/h5-6,9-12H,1-4H2,(H,13,14)(H,15,16). The van der Waals surface area contributed by atoms with Crippen LogP contribution in [0.2, 0.25) is 0 Å². The predicted octanol–water partition coefficient (Wildman–Crippen LogP) is -2.74. The molecule has 0 atom stereocenters. The van der Waals surface area contributed by atoms with Crippen molar-refractivity contribution in [3.8, 4) is 0 Å². The van der Waals surface area contributed by atoms with Crippen LogP contribution < -0.4 is 10.6 Å². The number of carboxylic acid groups (broad SMARTS) is 2. The average molecular weight is 236 g/mol. The van der Waals surface area contributed by atoms with E-state index in [2.05, 4.69) is 10.6 Å². The molecule has 8 nitrogen and oxygen atoms in total. The first-order valence-electron chi connectivity index (χ1n) is 4.68. The van der Waals surface area contributed by atoms with Gasteiger partial charge >= 0.3 is 11.9 Å². The van der Waals surface area contributed by atoms with Gasteiger partial charge in [0.2, 0.25) is 0 Å². The fourth-order valence-electron chi connectivity index (χ4n) is 1.14. The average Bonchev–Trinajstić information content (AvgIpc) is 2.20. The molecule has 0 unspecified atom stereocenters. The highest BCUT2D eigenvalue weighted by molar-refractivity contribution is 5.93. The molecular weight excluding hydrogens is 220 g/mol. The van der Waals surface area contributed by atoms with Gasteiger partial charge in [0.15, 0.2) is 5.92 Å². The van der Waals surface area contributed by atoms with E-state index < -0.39 is 24.0 Å². The van der Waals surface area contributed by atoms with Gasteiger partial charge in [0.25, 0.3) is 0 Å². The summed E-state index contributed by atoms with van der Waals surface area (Å²) in [4.78, 5) is 21.4. The first-order valence-corrected chi connectivity index (χ1v) is 4.68. The summed E-state index contributed by atoms with van der Waals surface area (Å²) in [6.07, 6.45) is -1.05. The summed E-state index contributed by atoms with van der Waals surface area (Å²) in [5, 5.41) is 39.7. The summed E-state index contributed by atoms with van der Waals surface area (Å²) in [6.45, 7) is -0.382. The monoisotopic (exact) mass is 236 g/mol. The van der Waals surface area contributed by atoms with Crippen molar-refractivity contribution in [2.24, 2.45) is 5.92 Å². The van der Waals surface area contributed by atoms with Crippen LogP contribution in [0.15, 0.2) is 0 Å².